The minimum atomic E-state index is -0.0909. The van der Waals surface area contributed by atoms with Gasteiger partial charge in [0, 0.05) is 6.54 Å². The normalized spacial score (nSPS) is 13.8. The number of amides is 1. The second-order valence-electron chi connectivity index (χ2n) is 2.94. The minimum Gasteiger partial charge on any atom is -0.496 e. The molecule has 0 unspecified atom stereocenters. The number of carbonyl (C=O) groups excluding carboxylic acids is 1. The zero-order valence-corrected chi connectivity index (χ0v) is 7.26. The first-order valence-corrected chi connectivity index (χ1v) is 3.97. The van der Waals surface area contributed by atoms with E-state index >= 15 is 0 Å². The lowest BCUT2D eigenvalue weighted by Gasteiger charge is -2.06. The Labute approximate surface area is 77.5 Å². The molecule has 0 saturated heterocycles. The number of rotatable bonds is 1. The molecule has 1 amide bonds. The standard InChI is InChI=1S/C9H8BNO2/c1-13-7-3-6(10)2-5-4-11-9(12)8(5)7/h2-3H,4H2,1H3,(H,11,12). The van der Waals surface area contributed by atoms with Crippen LogP contribution in [0.5, 0.6) is 5.75 Å². The summed E-state index contributed by atoms with van der Waals surface area (Å²) in [7, 11) is 7.16. The van der Waals surface area contributed by atoms with Gasteiger partial charge in [-0.1, -0.05) is 11.5 Å². The molecule has 0 fully saturated rings. The van der Waals surface area contributed by atoms with Crippen molar-refractivity contribution < 1.29 is 9.53 Å². The number of benzene rings is 1. The maximum Gasteiger partial charge on any atom is 0.255 e. The van der Waals surface area contributed by atoms with Gasteiger partial charge in [-0.25, -0.2) is 0 Å². The molecule has 64 valence electrons. The largest absolute Gasteiger partial charge is 0.496 e. The first-order valence-electron chi connectivity index (χ1n) is 3.97. The van der Waals surface area contributed by atoms with Crippen molar-refractivity contribution in [2.45, 2.75) is 6.54 Å². The smallest absolute Gasteiger partial charge is 0.255 e. The predicted octanol–water partition coefficient (Wildman–Crippen LogP) is -0.268. The Kier molecular flexibility index (Phi) is 1.76. The fraction of sp³-hybridized carbons (Fsp3) is 0.222. The molecule has 1 aromatic rings. The molecule has 1 aromatic carbocycles. The van der Waals surface area contributed by atoms with Gasteiger partial charge in [-0.05, 0) is 11.6 Å². The number of nitrogens with one attached hydrogen (secondary N) is 1. The lowest BCUT2D eigenvalue weighted by Crippen LogP contribution is -2.13. The molecule has 1 heterocycles. The molecule has 2 radical (unpaired) electrons. The van der Waals surface area contributed by atoms with Crippen LogP contribution in [-0.4, -0.2) is 20.9 Å². The molecule has 2 rings (SSSR count). The van der Waals surface area contributed by atoms with Crippen LogP contribution in [0.4, 0.5) is 0 Å². The highest BCUT2D eigenvalue weighted by molar-refractivity contribution is 6.32. The number of methoxy groups -OCH3 is 1. The zero-order chi connectivity index (χ0) is 9.42. The Morgan fingerprint density at radius 3 is 3.00 bits per heavy atom. The van der Waals surface area contributed by atoms with E-state index in [0.29, 0.717) is 23.3 Å². The molecule has 1 N–H and O–H groups in total. The van der Waals surface area contributed by atoms with Gasteiger partial charge in [0.25, 0.3) is 5.91 Å². The minimum absolute atomic E-state index is 0.0909. The third-order valence-electron chi connectivity index (χ3n) is 2.09. The van der Waals surface area contributed by atoms with Crippen molar-refractivity contribution in [2.75, 3.05) is 7.11 Å². The molecule has 1 aliphatic rings. The summed E-state index contributed by atoms with van der Waals surface area (Å²) in [5.41, 5.74) is 2.13. The lowest BCUT2D eigenvalue weighted by atomic mass is 9.92. The van der Waals surface area contributed by atoms with Crippen LogP contribution in [0.2, 0.25) is 0 Å². The SMILES string of the molecule is [B]c1cc2c(c(OC)c1)C(=O)NC2. The van der Waals surface area contributed by atoms with Gasteiger partial charge >= 0.3 is 0 Å². The molecule has 4 heteroatoms. The zero-order valence-electron chi connectivity index (χ0n) is 7.26. The van der Waals surface area contributed by atoms with Gasteiger partial charge in [0.2, 0.25) is 0 Å². The molecular weight excluding hydrogens is 165 g/mol. The van der Waals surface area contributed by atoms with E-state index in [1.807, 2.05) is 0 Å². The summed E-state index contributed by atoms with van der Waals surface area (Å²) in [6, 6.07) is 3.44. The van der Waals surface area contributed by atoms with Crippen LogP contribution < -0.4 is 15.5 Å². The van der Waals surface area contributed by atoms with E-state index in [0.717, 1.165) is 5.56 Å². The van der Waals surface area contributed by atoms with E-state index in [1.165, 1.54) is 7.11 Å². The van der Waals surface area contributed by atoms with Crippen molar-refractivity contribution in [2.24, 2.45) is 0 Å². The van der Waals surface area contributed by atoms with Gasteiger partial charge in [0.1, 0.15) is 13.6 Å². The Bertz CT molecular complexity index is 376. The van der Waals surface area contributed by atoms with Crippen molar-refractivity contribution in [1.82, 2.24) is 5.32 Å². The number of carbonyl (C=O) groups is 1. The van der Waals surface area contributed by atoms with Gasteiger partial charge in [-0.15, -0.1) is 0 Å². The Morgan fingerprint density at radius 1 is 1.54 bits per heavy atom. The van der Waals surface area contributed by atoms with Gasteiger partial charge in [0.15, 0.2) is 0 Å². The Morgan fingerprint density at radius 2 is 2.31 bits per heavy atom. The third-order valence-corrected chi connectivity index (χ3v) is 2.09. The molecule has 0 spiro atoms. The van der Waals surface area contributed by atoms with Crippen molar-refractivity contribution in [3.8, 4) is 5.75 Å². The van der Waals surface area contributed by atoms with Crippen LogP contribution in [0.25, 0.3) is 0 Å². The highest BCUT2D eigenvalue weighted by atomic mass is 16.5. The van der Waals surface area contributed by atoms with Crippen molar-refractivity contribution >= 4 is 19.2 Å². The summed E-state index contributed by atoms with van der Waals surface area (Å²) in [4.78, 5) is 11.3. The molecular formula is C9H8BNO2. The molecule has 0 atom stereocenters. The number of ether oxygens (including phenoxy) is 1. The maximum absolute atomic E-state index is 11.3. The van der Waals surface area contributed by atoms with Crippen LogP contribution in [0.15, 0.2) is 12.1 Å². The van der Waals surface area contributed by atoms with E-state index in [9.17, 15) is 4.79 Å². The van der Waals surface area contributed by atoms with Crippen molar-refractivity contribution in [3.63, 3.8) is 0 Å². The van der Waals surface area contributed by atoms with Crippen molar-refractivity contribution in [1.29, 1.82) is 0 Å². The second kappa shape index (κ2) is 2.80. The average Bonchev–Trinajstić information content (AvgIpc) is 2.46. The molecule has 0 bridgehead atoms. The average molecular weight is 173 g/mol. The fourth-order valence-corrected chi connectivity index (χ4v) is 1.52. The molecule has 1 aliphatic heterocycles. The number of hydrogen-bond donors (Lipinski definition) is 1. The quantitative estimate of drug-likeness (QED) is 0.593. The number of hydrogen-bond acceptors (Lipinski definition) is 2. The van der Waals surface area contributed by atoms with Crippen molar-refractivity contribution in [3.05, 3.63) is 23.3 Å². The summed E-state index contributed by atoms with van der Waals surface area (Å²) < 4.78 is 5.07. The van der Waals surface area contributed by atoms with Gasteiger partial charge in [0.05, 0.1) is 12.7 Å². The van der Waals surface area contributed by atoms with E-state index in [2.05, 4.69) is 5.32 Å². The molecule has 13 heavy (non-hydrogen) atoms. The molecule has 0 saturated carbocycles. The summed E-state index contributed by atoms with van der Waals surface area (Å²) in [5.74, 6) is 0.455. The Hall–Kier alpha value is -1.45. The highest BCUT2D eigenvalue weighted by Gasteiger charge is 2.23. The van der Waals surface area contributed by atoms with Gasteiger partial charge in [-0.3, -0.25) is 4.79 Å². The molecule has 0 aromatic heterocycles. The summed E-state index contributed by atoms with van der Waals surface area (Å²) in [6.07, 6.45) is 0. The van der Waals surface area contributed by atoms with Crippen LogP contribution in [0, 0.1) is 0 Å². The first-order chi connectivity index (χ1) is 6.22. The highest BCUT2D eigenvalue weighted by Crippen LogP contribution is 2.24. The summed E-state index contributed by atoms with van der Waals surface area (Å²) >= 11 is 0. The Balaban J connectivity index is 2.64. The number of fused-ring (bicyclic) bond motifs is 1. The predicted molar refractivity (Wildman–Crippen MR) is 49.6 cm³/mol. The molecule has 0 aliphatic carbocycles. The second-order valence-corrected chi connectivity index (χ2v) is 2.94. The van der Waals surface area contributed by atoms with E-state index in [-0.39, 0.29) is 5.91 Å². The monoisotopic (exact) mass is 173 g/mol. The van der Waals surface area contributed by atoms with Crippen LogP contribution in [0.1, 0.15) is 15.9 Å². The third kappa shape index (κ3) is 1.18. The maximum atomic E-state index is 11.3. The van der Waals surface area contributed by atoms with Gasteiger partial charge in [-0.2, -0.15) is 0 Å². The summed E-state index contributed by atoms with van der Waals surface area (Å²) in [5, 5.41) is 2.71. The van der Waals surface area contributed by atoms with Crippen LogP contribution >= 0.6 is 0 Å². The fourth-order valence-electron chi connectivity index (χ4n) is 1.52. The molecule has 3 nitrogen and oxygen atoms in total. The summed E-state index contributed by atoms with van der Waals surface area (Å²) in [6.45, 7) is 0.537. The van der Waals surface area contributed by atoms with E-state index in [4.69, 9.17) is 12.6 Å². The topological polar surface area (TPSA) is 38.3 Å². The first kappa shape index (κ1) is 8.17. The van der Waals surface area contributed by atoms with Gasteiger partial charge < -0.3 is 10.1 Å². The lowest BCUT2D eigenvalue weighted by molar-refractivity contribution is 0.0963. The van der Waals surface area contributed by atoms with E-state index < -0.39 is 0 Å². The van der Waals surface area contributed by atoms with Crippen LogP contribution in [0.3, 0.4) is 0 Å². The van der Waals surface area contributed by atoms with Crippen LogP contribution in [-0.2, 0) is 6.54 Å². The van der Waals surface area contributed by atoms with E-state index in [1.54, 1.807) is 12.1 Å².